The molecular formula is C18H21FN2O4S2. The standard InChI is InChI=1S/C18H21FN2O4S2/c1-14-8-9-16(21-10-4-5-11-26(21,22)23)12-18(14)27(24,25)20-13-15-6-2-3-7-17(15)19/h2-3,6-9,12,20H,4-5,10-11,13H2,1H3. The first-order valence-corrected chi connectivity index (χ1v) is 11.6. The van der Waals surface area contributed by atoms with Crippen LogP contribution in [-0.2, 0) is 26.6 Å². The molecule has 27 heavy (non-hydrogen) atoms. The van der Waals surface area contributed by atoms with Gasteiger partial charge in [0.1, 0.15) is 5.82 Å². The second kappa shape index (κ2) is 7.57. The van der Waals surface area contributed by atoms with Crippen LogP contribution in [0.3, 0.4) is 0 Å². The molecule has 1 fully saturated rings. The second-order valence-electron chi connectivity index (χ2n) is 6.46. The summed E-state index contributed by atoms with van der Waals surface area (Å²) in [5.74, 6) is -0.445. The number of benzene rings is 2. The number of rotatable bonds is 5. The fourth-order valence-electron chi connectivity index (χ4n) is 3.00. The van der Waals surface area contributed by atoms with Crippen molar-refractivity contribution >= 4 is 25.7 Å². The summed E-state index contributed by atoms with van der Waals surface area (Å²) >= 11 is 0. The van der Waals surface area contributed by atoms with Crippen LogP contribution in [-0.4, -0.2) is 29.1 Å². The third-order valence-electron chi connectivity index (χ3n) is 4.51. The van der Waals surface area contributed by atoms with Crippen molar-refractivity contribution in [2.75, 3.05) is 16.6 Å². The van der Waals surface area contributed by atoms with E-state index in [9.17, 15) is 21.2 Å². The molecule has 0 bridgehead atoms. The molecule has 0 radical (unpaired) electrons. The fraction of sp³-hybridized carbons (Fsp3) is 0.333. The SMILES string of the molecule is Cc1ccc(N2CCCCS2(=O)=O)cc1S(=O)(=O)NCc1ccccc1F. The van der Waals surface area contributed by atoms with E-state index < -0.39 is 25.9 Å². The van der Waals surface area contributed by atoms with Gasteiger partial charge in [0.2, 0.25) is 20.0 Å². The normalized spacial score (nSPS) is 17.0. The van der Waals surface area contributed by atoms with Gasteiger partial charge < -0.3 is 0 Å². The van der Waals surface area contributed by atoms with Gasteiger partial charge in [0.15, 0.2) is 0 Å². The summed E-state index contributed by atoms with van der Waals surface area (Å²) in [6, 6.07) is 10.5. The second-order valence-corrected chi connectivity index (χ2v) is 10.2. The number of aryl methyl sites for hydroxylation is 1. The lowest BCUT2D eigenvalue weighted by Gasteiger charge is -2.28. The van der Waals surface area contributed by atoms with E-state index in [1.807, 2.05) is 0 Å². The van der Waals surface area contributed by atoms with E-state index in [2.05, 4.69) is 4.72 Å². The first-order chi connectivity index (χ1) is 12.7. The highest BCUT2D eigenvalue weighted by Gasteiger charge is 2.27. The molecule has 1 aliphatic rings. The molecule has 1 heterocycles. The molecule has 2 aromatic rings. The molecule has 3 rings (SSSR count). The number of nitrogens with zero attached hydrogens (tertiary/aromatic N) is 1. The summed E-state index contributed by atoms with van der Waals surface area (Å²) in [6.07, 6.45) is 1.32. The number of hydrogen-bond donors (Lipinski definition) is 1. The minimum Gasteiger partial charge on any atom is -0.270 e. The molecule has 0 unspecified atom stereocenters. The largest absolute Gasteiger partial charge is 0.270 e. The Morgan fingerprint density at radius 3 is 2.59 bits per heavy atom. The summed E-state index contributed by atoms with van der Waals surface area (Å²) < 4.78 is 67.4. The van der Waals surface area contributed by atoms with E-state index in [4.69, 9.17) is 0 Å². The van der Waals surface area contributed by atoms with Gasteiger partial charge in [-0.3, -0.25) is 4.31 Å². The molecule has 0 amide bonds. The van der Waals surface area contributed by atoms with E-state index >= 15 is 0 Å². The highest BCUT2D eigenvalue weighted by atomic mass is 32.2. The smallest absolute Gasteiger partial charge is 0.241 e. The Morgan fingerprint density at radius 2 is 1.89 bits per heavy atom. The Hall–Kier alpha value is -1.97. The van der Waals surface area contributed by atoms with Crippen LogP contribution >= 0.6 is 0 Å². The summed E-state index contributed by atoms with van der Waals surface area (Å²) in [6.45, 7) is 1.76. The molecule has 6 nitrogen and oxygen atoms in total. The predicted molar refractivity (Wildman–Crippen MR) is 102 cm³/mol. The quantitative estimate of drug-likeness (QED) is 0.818. The zero-order chi connectivity index (χ0) is 19.7. The molecule has 0 spiro atoms. The third kappa shape index (κ3) is 4.31. The Morgan fingerprint density at radius 1 is 1.15 bits per heavy atom. The number of halogens is 1. The summed E-state index contributed by atoms with van der Waals surface area (Å²) in [4.78, 5) is -0.0166. The van der Waals surface area contributed by atoms with Crippen LogP contribution in [0.4, 0.5) is 10.1 Å². The van der Waals surface area contributed by atoms with Crippen LogP contribution in [0.1, 0.15) is 24.0 Å². The lowest BCUT2D eigenvalue weighted by Crippen LogP contribution is -2.38. The van der Waals surface area contributed by atoms with Crippen LogP contribution < -0.4 is 9.03 Å². The Balaban J connectivity index is 1.90. The molecule has 0 saturated carbocycles. The van der Waals surface area contributed by atoms with Crippen molar-refractivity contribution in [3.8, 4) is 0 Å². The van der Waals surface area contributed by atoms with Gasteiger partial charge in [0, 0.05) is 18.7 Å². The van der Waals surface area contributed by atoms with E-state index in [-0.39, 0.29) is 22.8 Å². The van der Waals surface area contributed by atoms with E-state index in [0.717, 1.165) is 6.42 Å². The molecule has 0 aliphatic carbocycles. The van der Waals surface area contributed by atoms with Crippen LogP contribution in [0.25, 0.3) is 0 Å². The van der Waals surface area contributed by atoms with Gasteiger partial charge in [-0.15, -0.1) is 0 Å². The van der Waals surface area contributed by atoms with Crippen molar-refractivity contribution in [1.82, 2.24) is 4.72 Å². The first-order valence-electron chi connectivity index (χ1n) is 8.55. The van der Waals surface area contributed by atoms with Gasteiger partial charge in [-0.25, -0.2) is 25.9 Å². The van der Waals surface area contributed by atoms with Gasteiger partial charge in [-0.2, -0.15) is 0 Å². The highest BCUT2D eigenvalue weighted by Crippen LogP contribution is 2.28. The van der Waals surface area contributed by atoms with E-state index in [1.165, 1.54) is 28.6 Å². The van der Waals surface area contributed by atoms with Crippen LogP contribution in [0.2, 0.25) is 0 Å². The summed E-state index contributed by atoms with van der Waals surface area (Å²) in [5.41, 5.74) is 1.04. The average molecular weight is 413 g/mol. The van der Waals surface area contributed by atoms with Crippen molar-refractivity contribution in [3.05, 3.63) is 59.4 Å². The summed E-state index contributed by atoms with van der Waals surface area (Å²) in [5, 5.41) is 0. The molecule has 1 N–H and O–H groups in total. The van der Waals surface area contributed by atoms with Crippen molar-refractivity contribution in [2.24, 2.45) is 0 Å². The van der Waals surface area contributed by atoms with Crippen molar-refractivity contribution in [1.29, 1.82) is 0 Å². The number of nitrogens with one attached hydrogen (secondary N) is 1. The minimum absolute atomic E-state index is 0.0166. The van der Waals surface area contributed by atoms with Gasteiger partial charge in [-0.05, 0) is 43.5 Å². The maximum Gasteiger partial charge on any atom is 0.241 e. The van der Waals surface area contributed by atoms with E-state index in [1.54, 1.807) is 25.1 Å². The molecule has 9 heteroatoms. The Bertz CT molecular complexity index is 1050. The molecule has 146 valence electrons. The average Bonchev–Trinajstić information content (AvgIpc) is 2.61. The molecule has 0 aromatic heterocycles. The Kier molecular flexibility index (Phi) is 5.55. The fourth-order valence-corrected chi connectivity index (χ4v) is 5.90. The van der Waals surface area contributed by atoms with Crippen LogP contribution in [0.15, 0.2) is 47.4 Å². The zero-order valence-corrected chi connectivity index (χ0v) is 16.5. The summed E-state index contributed by atoms with van der Waals surface area (Å²) in [7, 11) is -7.39. The molecule has 1 aliphatic heterocycles. The number of sulfonamides is 2. The van der Waals surface area contributed by atoms with Crippen molar-refractivity contribution in [3.63, 3.8) is 0 Å². The maximum absolute atomic E-state index is 13.7. The van der Waals surface area contributed by atoms with Crippen LogP contribution in [0.5, 0.6) is 0 Å². The predicted octanol–water partition coefficient (Wildman–Crippen LogP) is 2.54. The van der Waals surface area contributed by atoms with E-state index in [0.29, 0.717) is 24.2 Å². The molecule has 2 aromatic carbocycles. The van der Waals surface area contributed by atoms with Gasteiger partial charge >= 0.3 is 0 Å². The van der Waals surface area contributed by atoms with Crippen molar-refractivity contribution in [2.45, 2.75) is 31.2 Å². The third-order valence-corrected chi connectivity index (χ3v) is 7.92. The maximum atomic E-state index is 13.7. The molecular weight excluding hydrogens is 391 g/mol. The topological polar surface area (TPSA) is 83.6 Å². The van der Waals surface area contributed by atoms with Gasteiger partial charge in [-0.1, -0.05) is 24.3 Å². The van der Waals surface area contributed by atoms with Crippen molar-refractivity contribution < 1.29 is 21.2 Å². The first kappa shape index (κ1) is 19.8. The lowest BCUT2D eigenvalue weighted by molar-refractivity contribution is 0.570. The number of anilines is 1. The number of hydrogen-bond acceptors (Lipinski definition) is 4. The zero-order valence-electron chi connectivity index (χ0n) is 14.9. The highest BCUT2D eigenvalue weighted by molar-refractivity contribution is 7.92. The lowest BCUT2D eigenvalue weighted by atomic mass is 10.2. The van der Waals surface area contributed by atoms with Gasteiger partial charge in [0.05, 0.1) is 16.3 Å². The molecule has 1 saturated heterocycles. The van der Waals surface area contributed by atoms with Crippen LogP contribution in [0, 0.1) is 12.7 Å². The monoisotopic (exact) mass is 412 g/mol. The van der Waals surface area contributed by atoms with Gasteiger partial charge in [0.25, 0.3) is 0 Å². The molecule has 0 atom stereocenters. The Labute approximate surface area is 159 Å². The minimum atomic E-state index is -3.94.